The summed E-state index contributed by atoms with van der Waals surface area (Å²) in [5.74, 6) is -0.545. The Labute approximate surface area is 385 Å². The first-order valence-electron chi connectivity index (χ1n) is 25.1. The van der Waals surface area contributed by atoms with Gasteiger partial charge in [0.25, 0.3) is 0 Å². The van der Waals surface area contributed by atoms with Crippen molar-refractivity contribution in [1.29, 1.82) is 0 Å². The van der Waals surface area contributed by atoms with Gasteiger partial charge in [-0.25, -0.2) is 4.57 Å². The van der Waals surface area contributed by atoms with Crippen molar-refractivity contribution in [2.75, 3.05) is 26.4 Å². The maximum Gasteiger partial charge on any atom is 0.472 e. The van der Waals surface area contributed by atoms with Gasteiger partial charge in [-0.2, -0.15) is 0 Å². The number of phosphoric ester groups is 1. The number of esters is 1. The van der Waals surface area contributed by atoms with Crippen LogP contribution in [0.1, 0.15) is 206 Å². The van der Waals surface area contributed by atoms with Crippen LogP contribution in [-0.4, -0.2) is 54.3 Å². The highest BCUT2D eigenvalue weighted by molar-refractivity contribution is 7.47. The molecular weight excluding hydrogens is 810 g/mol. The zero-order valence-electron chi connectivity index (χ0n) is 40.0. The van der Waals surface area contributed by atoms with E-state index in [1.54, 1.807) is 0 Å². The second-order valence-electron chi connectivity index (χ2n) is 16.4. The second kappa shape index (κ2) is 48.6. The maximum atomic E-state index is 12.1. The van der Waals surface area contributed by atoms with Gasteiger partial charge in [-0.1, -0.05) is 182 Å². The number of ether oxygens (including phenoxy) is 1. The Hall–Kier alpha value is -2.81. The van der Waals surface area contributed by atoms with Gasteiger partial charge in [0.1, 0.15) is 12.7 Å². The standard InChI is InChI=1S/C53H92NO8P/c1-3-5-7-9-11-13-15-17-19-21-23-25-27-29-31-33-35-37-39-41-43-45-52(56)54-47-48-61-63(58,59)62-50-51(55)49-60-53(57)46-44-42-40-38-36-34-32-30-28-26-24-22-20-18-16-14-12-10-8-6-4-2/h11-14,17-20,23-26,29,31,51,55H,3-10,15-16,21-22,27-28,30,32-50H2,1-2H3,(H,54,56)(H,58,59)/b13-11-,14-12-,19-17-,20-18-,25-23-,26-24-,31-29-. The summed E-state index contributed by atoms with van der Waals surface area (Å²) in [7, 11) is -4.44. The predicted molar refractivity (Wildman–Crippen MR) is 266 cm³/mol. The van der Waals surface area contributed by atoms with Gasteiger partial charge in [0.05, 0.1) is 13.2 Å². The number of allylic oxidation sites excluding steroid dienone is 14. The summed E-state index contributed by atoms with van der Waals surface area (Å²) in [6.45, 7) is 3.47. The highest BCUT2D eigenvalue weighted by Gasteiger charge is 2.23. The fraction of sp³-hybridized carbons (Fsp3) is 0.698. The van der Waals surface area contributed by atoms with Gasteiger partial charge in [-0.3, -0.25) is 18.6 Å². The lowest BCUT2D eigenvalue weighted by atomic mass is 10.1. The summed E-state index contributed by atoms with van der Waals surface area (Å²) >= 11 is 0. The average Bonchev–Trinajstić information content (AvgIpc) is 3.27. The first-order chi connectivity index (χ1) is 30.8. The van der Waals surface area contributed by atoms with E-state index in [0.717, 1.165) is 103 Å². The van der Waals surface area contributed by atoms with Crippen LogP contribution in [0.3, 0.4) is 0 Å². The van der Waals surface area contributed by atoms with Gasteiger partial charge < -0.3 is 20.1 Å². The fourth-order valence-electron chi connectivity index (χ4n) is 6.49. The topological polar surface area (TPSA) is 131 Å². The maximum absolute atomic E-state index is 12.1. The lowest BCUT2D eigenvalue weighted by Gasteiger charge is -2.15. The van der Waals surface area contributed by atoms with Crippen LogP contribution >= 0.6 is 7.82 Å². The van der Waals surface area contributed by atoms with E-state index in [-0.39, 0.29) is 32.1 Å². The van der Waals surface area contributed by atoms with E-state index in [2.05, 4.69) is 104 Å². The first kappa shape index (κ1) is 60.2. The third kappa shape index (κ3) is 50.1. The molecule has 10 heteroatoms. The number of aliphatic hydroxyl groups is 1. The van der Waals surface area contributed by atoms with Crippen LogP contribution in [0.5, 0.6) is 0 Å². The highest BCUT2D eigenvalue weighted by atomic mass is 31.2. The van der Waals surface area contributed by atoms with Crippen molar-refractivity contribution in [2.24, 2.45) is 0 Å². The van der Waals surface area contributed by atoms with Crippen molar-refractivity contribution in [3.63, 3.8) is 0 Å². The number of nitrogens with one attached hydrogen (secondary N) is 1. The van der Waals surface area contributed by atoms with Gasteiger partial charge >= 0.3 is 13.8 Å². The largest absolute Gasteiger partial charge is 0.472 e. The molecule has 362 valence electrons. The minimum atomic E-state index is -4.44. The number of unbranched alkanes of at least 4 members (excludes halogenated alkanes) is 19. The van der Waals surface area contributed by atoms with E-state index in [9.17, 15) is 24.2 Å². The molecule has 9 nitrogen and oxygen atoms in total. The Balaban J connectivity index is 3.64. The lowest BCUT2D eigenvalue weighted by Crippen LogP contribution is -2.27. The Morgan fingerprint density at radius 1 is 0.492 bits per heavy atom. The van der Waals surface area contributed by atoms with E-state index in [0.29, 0.717) is 6.42 Å². The van der Waals surface area contributed by atoms with Gasteiger partial charge in [-0.15, -0.1) is 0 Å². The molecule has 1 amide bonds. The van der Waals surface area contributed by atoms with Gasteiger partial charge in [0.15, 0.2) is 0 Å². The van der Waals surface area contributed by atoms with Crippen LogP contribution in [0.25, 0.3) is 0 Å². The monoisotopic (exact) mass is 902 g/mol. The molecule has 0 spiro atoms. The Bertz CT molecular complexity index is 1300. The third-order valence-corrected chi connectivity index (χ3v) is 11.3. The van der Waals surface area contributed by atoms with Crippen molar-refractivity contribution in [2.45, 2.75) is 213 Å². The van der Waals surface area contributed by atoms with Gasteiger partial charge in [0, 0.05) is 19.4 Å². The van der Waals surface area contributed by atoms with E-state index in [4.69, 9.17) is 13.8 Å². The summed E-state index contributed by atoms with van der Waals surface area (Å²) in [4.78, 5) is 34.1. The van der Waals surface area contributed by atoms with Gasteiger partial charge in [-0.05, 0) is 96.3 Å². The predicted octanol–water partition coefficient (Wildman–Crippen LogP) is 14.8. The molecule has 2 unspecified atom stereocenters. The van der Waals surface area contributed by atoms with Crippen LogP contribution in [0.2, 0.25) is 0 Å². The minimum Gasteiger partial charge on any atom is -0.463 e. The highest BCUT2D eigenvalue weighted by Crippen LogP contribution is 2.42. The number of aliphatic hydroxyl groups excluding tert-OH is 1. The van der Waals surface area contributed by atoms with E-state index >= 15 is 0 Å². The second-order valence-corrected chi connectivity index (χ2v) is 17.9. The van der Waals surface area contributed by atoms with E-state index in [1.807, 2.05) is 0 Å². The van der Waals surface area contributed by atoms with Crippen molar-refractivity contribution in [1.82, 2.24) is 5.32 Å². The molecule has 0 aliphatic heterocycles. The summed E-state index contributed by atoms with van der Waals surface area (Å²) in [5.41, 5.74) is 0. The molecule has 0 fully saturated rings. The molecular formula is C53H92NO8P. The van der Waals surface area contributed by atoms with Crippen LogP contribution in [0.15, 0.2) is 85.1 Å². The van der Waals surface area contributed by atoms with Gasteiger partial charge in [0.2, 0.25) is 5.91 Å². The Morgan fingerprint density at radius 2 is 0.857 bits per heavy atom. The SMILES string of the molecule is CCCCC/C=C\C/C=C\C/C=C\C/C=C\CCCCCCCC(=O)NCCOP(=O)(O)OCC(O)COC(=O)CCCCCCCCCC/C=C\C/C=C\C/C=C\CCCCC. The molecule has 0 aromatic heterocycles. The molecule has 0 aliphatic carbocycles. The molecule has 2 atom stereocenters. The van der Waals surface area contributed by atoms with E-state index in [1.165, 1.54) is 77.0 Å². The number of carbonyl (C=O) groups is 2. The smallest absolute Gasteiger partial charge is 0.463 e. The minimum absolute atomic E-state index is 0.0658. The molecule has 0 aromatic carbocycles. The number of hydrogen-bond acceptors (Lipinski definition) is 7. The summed E-state index contributed by atoms with van der Waals surface area (Å²) in [5, 5.41) is 12.7. The van der Waals surface area contributed by atoms with Crippen LogP contribution in [0.4, 0.5) is 0 Å². The van der Waals surface area contributed by atoms with Crippen LogP contribution in [-0.2, 0) is 27.9 Å². The summed E-state index contributed by atoms with van der Waals surface area (Å²) < 4.78 is 27.0. The first-order valence-corrected chi connectivity index (χ1v) is 26.6. The summed E-state index contributed by atoms with van der Waals surface area (Å²) in [6, 6.07) is 0. The van der Waals surface area contributed by atoms with Crippen molar-refractivity contribution in [3.8, 4) is 0 Å². The molecule has 63 heavy (non-hydrogen) atoms. The Morgan fingerprint density at radius 3 is 1.29 bits per heavy atom. The third-order valence-electron chi connectivity index (χ3n) is 10.3. The van der Waals surface area contributed by atoms with Crippen molar-refractivity contribution >= 4 is 19.7 Å². The molecule has 0 aromatic rings. The molecule has 0 saturated carbocycles. The summed E-state index contributed by atoms with van der Waals surface area (Å²) in [6.07, 6.45) is 62.2. The van der Waals surface area contributed by atoms with Crippen LogP contribution in [0, 0.1) is 0 Å². The molecule has 0 radical (unpaired) electrons. The molecule has 3 N–H and O–H groups in total. The van der Waals surface area contributed by atoms with Crippen LogP contribution < -0.4 is 5.32 Å². The number of amides is 1. The Kier molecular flexibility index (Phi) is 46.5. The number of phosphoric acid groups is 1. The molecule has 0 bridgehead atoms. The van der Waals surface area contributed by atoms with Crippen molar-refractivity contribution in [3.05, 3.63) is 85.1 Å². The normalized spacial score (nSPS) is 13.9. The quantitative estimate of drug-likeness (QED) is 0.0238. The zero-order chi connectivity index (χ0) is 46.0. The molecule has 0 aliphatic rings. The number of hydrogen-bond donors (Lipinski definition) is 3. The lowest BCUT2D eigenvalue weighted by molar-refractivity contribution is -0.147. The van der Waals surface area contributed by atoms with E-state index < -0.39 is 26.5 Å². The number of carbonyl (C=O) groups excluding carboxylic acids is 2. The number of rotatable bonds is 46. The van der Waals surface area contributed by atoms with Crippen molar-refractivity contribution < 1.29 is 37.9 Å². The molecule has 0 saturated heterocycles. The zero-order valence-corrected chi connectivity index (χ0v) is 40.9. The molecule has 0 heterocycles. The average molecular weight is 902 g/mol. The molecule has 0 rings (SSSR count). The fourth-order valence-corrected chi connectivity index (χ4v) is 7.24.